The summed E-state index contributed by atoms with van der Waals surface area (Å²) in [6.07, 6.45) is 0.651. The van der Waals surface area contributed by atoms with Gasteiger partial charge in [0.05, 0.1) is 5.60 Å². The molecule has 0 saturated carbocycles. The first-order valence-corrected chi connectivity index (χ1v) is 7.27. The van der Waals surface area contributed by atoms with Crippen LogP contribution in [0.4, 0.5) is 0 Å². The lowest BCUT2D eigenvalue weighted by atomic mass is 10.0. The molecule has 0 spiro atoms. The fraction of sp³-hybridized carbons (Fsp3) is 0.571. The minimum absolute atomic E-state index is 0.347. The summed E-state index contributed by atoms with van der Waals surface area (Å²) in [6.45, 7) is 3.04. The van der Waals surface area contributed by atoms with E-state index in [1.54, 1.807) is 7.11 Å². The Labute approximate surface area is 113 Å². The molecular weight excluding hydrogens is 246 g/mol. The molecule has 1 aliphatic rings. The van der Waals surface area contributed by atoms with E-state index in [0.717, 1.165) is 5.75 Å². The van der Waals surface area contributed by atoms with Gasteiger partial charge >= 0.3 is 0 Å². The second-order valence-corrected chi connectivity index (χ2v) is 6.08. The van der Waals surface area contributed by atoms with Gasteiger partial charge < -0.3 is 15.2 Å². The van der Waals surface area contributed by atoms with Crippen LogP contribution in [-0.2, 0) is 4.74 Å². The van der Waals surface area contributed by atoms with Crippen LogP contribution in [0, 0.1) is 0 Å². The average molecular weight is 267 g/mol. The number of fused-ring (bicyclic) bond motifs is 1. The highest BCUT2D eigenvalue weighted by atomic mass is 32.2. The van der Waals surface area contributed by atoms with E-state index in [9.17, 15) is 5.11 Å². The Morgan fingerprint density at radius 2 is 2.28 bits per heavy atom. The summed E-state index contributed by atoms with van der Waals surface area (Å²) in [5.41, 5.74) is 0.642. The Kier molecular flexibility index (Phi) is 4.67. The van der Waals surface area contributed by atoms with Gasteiger partial charge in [-0.25, -0.2) is 0 Å². The standard InChI is InChI=1S/C14H21NO2S/c1-14(16,7-8-17-2)10-15-12-9-18-13-6-4-3-5-11(12)13/h3-6,12,15-16H,7-10H2,1-2H3. The zero-order valence-electron chi connectivity index (χ0n) is 11.0. The van der Waals surface area contributed by atoms with Crippen LogP contribution in [-0.4, -0.2) is 36.7 Å². The van der Waals surface area contributed by atoms with Crippen molar-refractivity contribution in [3.8, 4) is 0 Å². The van der Waals surface area contributed by atoms with Crippen molar-refractivity contribution in [2.45, 2.75) is 29.9 Å². The lowest BCUT2D eigenvalue weighted by molar-refractivity contribution is 0.0232. The lowest BCUT2D eigenvalue weighted by Crippen LogP contribution is -2.40. The van der Waals surface area contributed by atoms with Gasteiger partial charge in [0, 0.05) is 43.4 Å². The largest absolute Gasteiger partial charge is 0.389 e. The first-order valence-electron chi connectivity index (χ1n) is 6.29. The highest BCUT2D eigenvalue weighted by Gasteiger charge is 2.26. The molecule has 0 amide bonds. The molecule has 0 fully saturated rings. The van der Waals surface area contributed by atoms with Crippen molar-refractivity contribution < 1.29 is 9.84 Å². The summed E-state index contributed by atoms with van der Waals surface area (Å²) in [7, 11) is 1.66. The quantitative estimate of drug-likeness (QED) is 0.829. The molecule has 0 aromatic heterocycles. The fourth-order valence-corrected chi connectivity index (χ4v) is 3.28. The molecule has 4 heteroatoms. The van der Waals surface area contributed by atoms with Crippen molar-refractivity contribution in [3.05, 3.63) is 29.8 Å². The molecule has 18 heavy (non-hydrogen) atoms. The highest BCUT2D eigenvalue weighted by Crippen LogP contribution is 2.37. The summed E-state index contributed by atoms with van der Waals surface area (Å²) in [5, 5.41) is 13.7. The molecule has 2 atom stereocenters. The van der Waals surface area contributed by atoms with Gasteiger partial charge in [0.2, 0.25) is 0 Å². The van der Waals surface area contributed by atoms with E-state index in [1.165, 1.54) is 10.5 Å². The summed E-state index contributed by atoms with van der Waals surface area (Å²) < 4.78 is 5.01. The number of rotatable bonds is 6. The molecule has 0 saturated heterocycles. The van der Waals surface area contributed by atoms with Gasteiger partial charge in [-0.05, 0) is 18.6 Å². The van der Waals surface area contributed by atoms with Gasteiger partial charge in [-0.15, -0.1) is 11.8 Å². The minimum atomic E-state index is -0.710. The van der Waals surface area contributed by atoms with Crippen molar-refractivity contribution in [1.29, 1.82) is 0 Å². The summed E-state index contributed by atoms with van der Waals surface area (Å²) in [5.74, 6) is 1.04. The number of benzene rings is 1. The maximum absolute atomic E-state index is 10.2. The van der Waals surface area contributed by atoms with E-state index in [4.69, 9.17) is 4.74 Å². The normalized spacial score (nSPS) is 21.6. The zero-order valence-corrected chi connectivity index (χ0v) is 11.8. The molecule has 2 unspecified atom stereocenters. The predicted molar refractivity (Wildman–Crippen MR) is 75.0 cm³/mol. The van der Waals surface area contributed by atoms with Gasteiger partial charge in [0.1, 0.15) is 0 Å². The average Bonchev–Trinajstić information content (AvgIpc) is 2.78. The van der Waals surface area contributed by atoms with Gasteiger partial charge in [0.15, 0.2) is 0 Å². The number of hydrogen-bond acceptors (Lipinski definition) is 4. The Morgan fingerprint density at radius 1 is 1.50 bits per heavy atom. The van der Waals surface area contributed by atoms with Gasteiger partial charge in [-0.2, -0.15) is 0 Å². The summed E-state index contributed by atoms with van der Waals surface area (Å²) in [6, 6.07) is 8.81. The second-order valence-electron chi connectivity index (χ2n) is 5.02. The van der Waals surface area contributed by atoms with Crippen molar-refractivity contribution in [3.63, 3.8) is 0 Å². The van der Waals surface area contributed by atoms with Crippen LogP contribution in [0.5, 0.6) is 0 Å². The van der Waals surface area contributed by atoms with Crippen LogP contribution >= 0.6 is 11.8 Å². The molecular formula is C14H21NO2S. The highest BCUT2D eigenvalue weighted by molar-refractivity contribution is 7.99. The Morgan fingerprint density at radius 3 is 3.06 bits per heavy atom. The van der Waals surface area contributed by atoms with Crippen LogP contribution in [0.25, 0.3) is 0 Å². The van der Waals surface area contributed by atoms with E-state index in [2.05, 4.69) is 29.6 Å². The van der Waals surface area contributed by atoms with Crippen LogP contribution in [0.2, 0.25) is 0 Å². The molecule has 3 nitrogen and oxygen atoms in total. The number of hydrogen-bond donors (Lipinski definition) is 2. The Bertz CT molecular complexity index is 395. The smallest absolute Gasteiger partial charge is 0.0765 e. The van der Waals surface area contributed by atoms with Crippen LogP contribution in [0.3, 0.4) is 0 Å². The molecule has 0 aliphatic carbocycles. The molecule has 1 aromatic rings. The van der Waals surface area contributed by atoms with Gasteiger partial charge in [-0.3, -0.25) is 0 Å². The lowest BCUT2D eigenvalue weighted by Gasteiger charge is -2.25. The molecule has 1 aliphatic heterocycles. The molecule has 0 bridgehead atoms. The third kappa shape index (κ3) is 3.48. The summed E-state index contributed by atoms with van der Waals surface area (Å²) >= 11 is 1.88. The van der Waals surface area contributed by atoms with Crippen molar-refractivity contribution in [2.75, 3.05) is 26.0 Å². The third-order valence-electron chi connectivity index (χ3n) is 3.27. The van der Waals surface area contributed by atoms with E-state index >= 15 is 0 Å². The number of methoxy groups -OCH3 is 1. The first kappa shape index (κ1) is 13.9. The van der Waals surface area contributed by atoms with Gasteiger partial charge in [-0.1, -0.05) is 18.2 Å². The van der Waals surface area contributed by atoms with Crippen LogP contribution in [0.1, 0.15) is 24.9 Å². The van der Waals surface area contributed by atoms with E-state index in [-0.39, 0.29) is 0 Å². The second kappa shape index (κ2) is 6.06. The molecule has 1 aromatic carbocycles. The van der Waals surface area contributed by atoms with E-state index in [0.29, 0.717) is 25.6 Å². The number of ether oxygens (including phenoxy) is 1. The maximum Gasteiger partial charge on any atom is 0.0765 e. The topological polar surface area (TPSA) is 41.5 Å². The fourth-order valence-electron chi connectivity index (χ4n) is 2.09. The molecule has 2 rings (SSSR count). The maximum atomic E-state index is 10.2. The first-order chi connectivity index (χ1) is 8.62. The summed E-state index contributed by atoms with van der Waals surface area (Å²) in [4.78, 5) is 1.35. The third-order valence-corrected chi connectivity index (χ3v) is 4.46. The molecule has 100 valence electrons. The number of thioether (sulfide) groups is 1. The van der Waals surface area contributed by atoms with E-state index in [1.807, 2.05) is 18.7 Å². The van der Waals surface area contributed by atoms with Crippen LogP contribution < -0.4 is 5.32 Å². The van der Waals surface area contributed by atoms with Crippen LogP contribution in [0.15, 0.2) is 29.2 Å². The van der Waals surface area contributed by atoms with Gasteiger partial charge in [0.25, 0.3) is 0 Å². The minimum Gasteiger partial charge on any atom is -0.389 e. The molecule has 0 radical (unpaired) electrons. The van der Waals surface area contributed by atoms with Crippen molar-refractivity contribution in [2.24, 2.45) is 0 Å². The Balaban J connectivity index is 1.88. The molecule has 1 heterocycles. The number of nitrogens with one attached hydrogen (secondary N) is 1. The number of aliphatic hydroxyl groups is 1. The van der Waals surface area contributed by atoms with Crippen molar-refractivity contribution >= 4 is 11.8 Å². The monoisotopic (exact) mass is 267 g/mol. The Hall–Kier alpha value is -0.550. The molecule has 2 N–H and O–H groups in total. The van der Waals surface area contributed by atoms with Crippen molar-refractivity contribution in [1.82, 2.24) is 5.32 Å². The predicted octanol–water partition coefficient (Wildman–Crippen LogP) is 2.21. The zero-order chi connectivity index (χ0) is 13.0. The van der Waals surface area contributed by atoms with E-state index < -0.39 is 5.60 Å². The SMILES string of the molecule is COCCC(C)(O)CNC1CSc2ccccc21.